The van der Waals surface area contributed by atoms with E-state index in [0.29, 0.717) is 31.1 Å². The molecule has 4 heterocycles. The van der Waals surface area contributed by atoms with Gasteiger partial charge in [-0.05, 0) is 31.7 Å². The van der Waals surface area contributed by atoms with Gasteiger partial charge in [0.05, 0.1) is 13.2 Å². The van der Waals surface area contributed by atoms with Gasteiger partial charge in [0.2, 0.25) is 5.95 Å². The standard InChI is InChI=1S/C19H24N8O2/c20-18-21-6-5-15(24-18)13-1-3-14(4-2-13)29-19-25-17(26-7-9-28-10-8-26)11-16-22-12-23-27(16)19/h5-6,11-14H,1-4,7-10H2,(H2,20,21,24). The zero-order valence-corrected chi connectivity index (χ0v) is 16.1. The van der Waals surface area contributed by atoms with Crippen LogP contribution in [-0.4, -0.2) is 62.0 Å². The maximum atomic E-state index is 6.30. The highest BCUT2D eigenvalue weighted by molar-refractivity contribution is 5.52. The zero-order chi connectivity index (χ0) is 19.6. The number of nitrogens with two attached hydrogens (primary N) is 1. The maximum Gasteiger partial charge on any atom is 0.321 e. The SMILES string of the molecule is Nc1nccc(C2CCC(Oc3nc(N4CCOCC4)cc4ncnn34)CC2)n1. The summed E-state index contributed by atoms with van der Waals surface area (Å²) in [7, 11) is 0. The Labute approximate surface area is 168 Å². The lowest BCUT2D eigenvalue weighted by atomic mass is 9.85. The Hall–Kier alpha value is -3.01. The molecule has 1 aliphatic heterocycles. The third-order valence-corrected chi connectivity index (χ3v) is 5.62. The van der Waals surface area contributed by atoms with Crippen LogP contribution < -0.4 is 15.4 Å². The van der Waals surface area contributed by atoms with Gasteiger partial charge in [-0.3, -0.25) is 0 Å². The van der Waals surface area contributed by atoms with Gasteiger partial charge in [-0.2, -0.15) is 14.6 Å². The number of nitrogen functional groups attached to an aromatic ring is 1. The van der Waals surface area contributed by atoms with Crippen LogP contribution in [0.15, 0.2) is 24.7 Å². The molecule has 0 amide bonds. The molecule has 10 heteroatoms. The van der Waals surface area contributed by atoms with E-state index >= 15 is 0 Å². The number of morpholine rings is 1. The molecule has 0 aromatic carbocycles. The first-order chi connectivity index (χ1) is 14.3. The minimum atomic E-state index is 0.0882. The van der Waals surface area contributed by atoms with Crippen LogP contribution in [0.25, 0.3) is 5.65 Å². The van der Waals surface area contributed by atoms with Gasteiger partial charge in [0.25, 0.3) is 0 Å². The van der Waals surface area contributed by atoms with E-state index in [1.54, 1.807) is 10.7 Å². The summed E-state index contributed by atoms with van der Waals surface area (Å²) in [6, 6.07) is 4.40. The molecule has 152 valence electrons. The molecule has 3 aromatic heterocycles. The number of rotatable bonds is 4. The van der Waals surface area contributed by atoms with Gasteiger partial charge >= 0.3 is 6.01 Å². The number of ether oxygens (including phenoxy) is 2. The summed E-state index contributed by atoms with van der Waals surface area (Å²) in [4.78, 5) is 19.6. The molecular weight excluding hydrogens is 372 g/mol. The third kappa shape index (κ3) is 3.80. The van der Waals surface area contributed by atoms with Gasteiger partial charge < -0.3 is 20.1 Å². The lowest BCUT2D eigenvalue weighted by Crippen LogP contribution is -2.37. The molecule has 29 heavy (non-hydrogen) atoms. The van der Waals surface area contributed by atoms with Crippen LogP contribution in [0, 0.1) is 0 Å². The second-order valence-corrected chi connectivity index (χ2v) is 7.46. The Morgan fingerprint density at radius 3 is 2.69 bits per heavy atom. The van der Waals surface area contributed by atoms with Crippen molar-refractivity contribution in [2.24, 2.45) is 0 Å². The highest BCUT2D eigenvalue weighted by Crippen LogP contribution is 2.34. The first-order valence-electron chi connectivity index (χ1n) is 10.0. The second-order valence-electron chi connectivity index (χ2n) is 7.46. The summed E-state index contributed by atoms with van der Waals surface area (Å²) < 4.78 is 13.4. The van der Waals surface area contributed by atoms with Gasteiger partial charge in [-0.25, -0.2) is 15.0 Å². The highest BCUT2D eigenvalue weighted by Gasteiger charge is 2.26. The van der Waals surface area contributed by atoms with Crippen molar-refractivity contribution in [3.63, 3.8) is 0 Å². The smallest absolute Gasteiger partial charge is 0.321 e. The molecule has 2 N–H and O–H groups in total. The van der Waals surface area contributed by atoms with Crippen LogP contribution in [0.1, 0.15) is 37.3 Å². The van der Waals surface area contributed by atoms with Crippen molar-refractivity contribution >= 4 is 17.4 Å². The molecule has 1 saturated heterocycles. The van der Waals surface area contributed by atoms with Crippen molar-refractivity contribution in [1.82, 2.24) is 29.5 Å². The van der Waals surface area contributed by atoms with Crippen molar-refractivity contribution in [2.45, 2.75) is 37.7 Å². The van der Waals surface area contributed by atoms with E-state index < -0.39 is 0 Å². The molecule has 1 aliphatic carbocycles. The first-order valence-corrected chi connectivity index (χ1v) is 10.0. The molecule has 0 radical (unpaired) electrons. The van der Waals surface area contributed by atoms with Crippen molar-refractivity contribution in [3.05, 3.63) is 30.4 Å². The van der Waals surface area contributed by atoms with E-state index in [-0.39, 0.29) is 6.10 Å². The minimum Gasteiger partial charge on any atom is -0.460 e. The number of nitrogens with zero attached hydrogens (tertiary/aromatic N) is 7. The van der Waals surface area contributed by atoms with Gasteiger partial charge in [0.1, 0.15) is 18.2 Å². The van der Waals surface area contributed by atoms with Crippen molar-refractivity contribution < 1.29 is 9.47 Å². The molecule has 0 spiro atoms. The Kier molecular flexibility index (Phi) is 4.84. The first kappa shape index (κ1) is 18.0. The molecule has 0 unspecified atom stereocenters. The molecule has 2 aliphatic rings. The minimum absolute atomic E-state index is 0.0882. The third-order valence-electron chi connectivity index (χ3n) is 5.62. The summed E-state index contributed by atoms with van der Waals surface area (Å²) in [5.41, 5.74) is 7.48. The van der Waals surface area contributed by atoms with E-state index in [1.165, 1.54) is 6.33 Å². The molecule has 2 fully saturated rings. The van der Waals surface area contributed by atoms with E-state index in [1.807, 2.05) is 12.1 Å². The van der Waals surface area contributed by atoms with Crippen molar-refractivity contribution in [2.75, 3.05) is 36.9 Å². The monoisotopic (exact) mass is 396 g/mol. The summed E-state index contributed by atoms with van der Waals surface area (Å²) in [6.45, 7) is 3.02. The number of fused-ring (bicyclic) bond motifs is 1. The van der Waals surface area contributed by atoms with Gasteiger partial charge in [0, 0.05) is 37.0 Å². The molecule has 3 aromatic rings. The van der Waals surface area contributed by atoms with Gasteiger partial charge in [0.15, 0.2) is 5.65 Å². The summed E-state index contributed by atoms with van der Waals surface area (Å²) in [5.74, 6) is 1.58. The van der Waals surface area contributed by atoms with E-state index in [0.717, 1.165) is 55.9 Å². The fraction of sp³-hybridized carbons (Fsp3) is 0.526. The van der Waals surface area contributed by atoms with E-state index in [9.17, 15) is 0 Å². The Bertz CT molecular complexity index is 979. The normalized spacial score (nSPS) is 22.7. The summed E-state index contributed by atoms with van der Waals surface area (Å²) in [5, 5.41) is 4.29. The van der Waals surface area contributed by atoms with Crippen molar-refractivity contribution in [3.8, 4) is 6.01 Å². The average molecular weight is 396 g/mol. The highest BCUT2D eigenvalue weighted by atomic mass is 16.5. The quantitative estimate of drug-likeness (QED) is 0.699. The zero-order valence-electron chi connectivity index (χ0n) is 16.1. The van der Waals surface area contributed by atoms with E-state index in [4.69, 9.17) is 20.2 Å². The Morgan fingerprint density at radius 2 is 1.90 bits per heavy atom. The Balaban J connectivity index is 1.31. The van der Waals surface area contributed by atoms with Crippen LogP contribution >= 0.6 is 0 Å². The topological polar surface area (TPSA) is 117 Å². The lowest BCUT2D eigenvalue weighted by molar-refractivity contribution is 0.120. The lowest BCUT2D eigenvalue weighted by Gasteiger charge is -2.30. The molecule has 1 saturated carbocycles. The maximum absolute atomic E-state index is 6.30. The number of hydrogen-bond donors (Lipinski definition) is 1. The molecule has 0 atom stereocenters. The molecular formula is C19H24N8O2. The van der Waals surface area contributed by atoms with Crippen LogP contribution in [0.5, 0.6) is 6.01 Å². The van der Waals surface area contributed by atoms with Crippen molar-refractivity contribution in [1.29, 1.82) is 0 Å². The number of hydrogen-bond acceptors (Lipinski definition) is 9. The summed E-state index contributed by atoms with van der Waals surface area (Å²) >= 11 is 0. The largest absolute Gasteiger partial charge is 0.460 e. The fourth-order valence-corrected chi connectivity index (χ4v) is 4.06. The molecule has 0 bridgehead atoms. The predicted molar refractivity (Wildman–Crippen MR) is 106 cm³/mol. The Morgan fingerprint density at radius 1 is 1.07 bits per heavy atom. The molecule has 5 rings (SSSR count). The predicted octanol–water partition coefficient (Wildman–Crippen LogP) is 1.44. The van der Waals surface area contributed by atoms with E-state index in [2.05, 4.69) is 25.0 Å². The molecule has 10 nitrogen and oxygen atoms in total. The number of anilines is 2. The van der Waals surface area contributed by atoms with Gasteiger partial charge in [-0.1, -0.05) is 0 Å². The summed E-state index contributed by atoms with van der Waals surface area (Å²) in [6.07, 6.45) is 7.18. The number of aromatic nitrogens is 6. The van der Waals surface area contributed by atoms with Crippen LogP contribution in [0.2, 0.25) is 0 Å². The van der Waals surface area contributed by atoms with Gasteiger partial charge in [-0.15, -0.1) is 0 Å². The van der Waals surface area contributed by atoms with Crippen LogP contribution in [0.4, 0.5) is 11.8 Å². The van der Waals surface area contributed by atoms with Crippen LogP contribution in [0.3, 0.4) is 0 Å². The second kappa shape index (κ2) is 7.78. The van der Waals surface area contributed by atoms with Crippen LogP contribution in [-0.2, 0) is 4.74 Å². The average Bonchev–Trinajstić information content (AvgIpc) is 3.24. The fourth-order valence-electron chi connectivity index (χ4n) is 4.06.